The van der Waals surface area contributed by atoms with Gasteiger partial charge in [0.2, 0.25) is 17.2 Å². The van der Waals surface area contributed by atoms with Crippen LogP contribution >= 0.6 is 11.6 Å². The van der Waals surface area contributed by atoms with Gasteiger partial charge in [-0.05, 0) is 62.4 Å². The number of fused-ring (bicyclic) bond motifs is 1. The Morgan fingerprint density at radius 2 is 1.86 bits per heavy atom. The van der Waals surface area contributed by atoms with E-state index >= 15 is 0 Å². The summed E-state index contributed by atoms with van der Waals surface area (Å²) in [5, 5.41) is 7.80. The van der Waals surface area contributed by atoms with Crippen molar-refractivity contribution in [2.24, 2.45) is 0 Å². The summed E-state index contributed by atoms with van der Waals surface area (Å²) in [6.07, 6.45) is 1.52. The van der Waals surface area contributed by atoms with Crippen molar-refractivity contribution in [3.63, 3.8) is 0 Å². The molecule has 0 atom stereocenters. The van der Waals surface area contributed by atoms with Crippen LogP contribution < -0.4 is 15.5 Å². The van der Waals surface area contributed by atoms with E-state index in [1.807, 2.05) is 26.0 Å². The first kappa shape index (κ1) is 24.2. The topological polar surface area (TPSA) is 112 Å². The van der Waals surface area contributed by atoms with Crippen LogP contribution in [0.4, 0.5) is 5.69 Å². The van der Waals surface area contributed by atoms with E-state index in [9.17, 15) is 9.59 Å². The highest BCUT2D eigenvalue weighted by atomic mass is 35.5. The largest absolute Gasteiger partial charge is 0.492 e. The Morgan fingerprint density at radius 1 is 1.08 bits per heavy atom. The Balaban J connectivity index is 1.53. The van der Waals surface area contributed by atoms with E-state index in [1.165, 1.54) is 6.20 Å². The number of amides is 1. The summed E-state index contributed by atoms with van der Waals surface area (Å²) in [6.45, 7) is 4.04. The van der Waals surface area contributed by atoms with E-state index in [4.69, 9.17) is 20.9 Å². The van der Waals surface area contributed by atoms with Gasteiger partial charge >= 0.3 is 0 Å². The van der Waals surface area contributed by atoms with Gasteiger partial charge in [0, 0.05) is 22.5 Å². The van der Waals surface area contributed by atoms with Crippen LogP contribution in [0, 0.1) is 6.92 Å². The fraction of sp³-hybridized carbons (Fsp3) is 0.148. The minimum atomic E-state index is -0.327. The summed E-state index contributed by atoms with van der Waals surface area (Å²) < 4.78 is 12.6. The van der Waals surface area contributed by atoms with Crippen LogP contribution in [0.25, 0.3) is 33.9 Å². The van der Waals surface area contributed by atoms with Gasteiger partial charge < -0.3 is 19.1 Å². The van der Waals surface area contributed by atoms with Crippen LogP contribution in [0.3, 0.4) is 0 Å². The standard InChI is InChI=1S/C27H22ClN5O4/c1-3-36-22-7-5-4-6-21(22)30-23(34)15-33-14-20(24(35)19-13-8-16(2)29-26(19)33)27-31-25(32-37-27)17-9-11-18(28)12-10-17/h4-14H,3,15H2,1-2H3,(H,30,34). The molecule has 1 N–H and O–H groups in total. The first-order valence-electron chi connectivity index (χ1n) is 11.6. The summed E-state index contributed by atoms with van der Waals surface area (Å²) in [6, 6.07) is 17.5. The number of aryl methyl sites for hydroxylation is 1. The van der Waals surface area contributed by atoms with Gasteiger partial charge in [-0.15, -0.1) is 0 Å². The van der Waals surface area contributed by atoms with Crippen molar-refractivity contribution in [1.29, 1.82) is 0 Å². The maximum atomic E-state index is 13.4. The van der Waals surface area contributed by atoms with Gasteiger partial charge in [0.15, 0.2) is 0 Å². The fourth-order valence-corrected chi connectivity index (χ4v) is 4.00. The highest BCUT2D eigenvalue weighted by Gasteiger charge is 2.19. The monoisotopic (exact) mass is 515 g/mol. The fourth-order valence-electron chi connectivity index (χ4n) is 3.88. The third-order valence-electron chi connectivity index (χ3n) is 5.59. The van der Waals surface area contributed by atoms with Gasteiger partial charge in [0.1, 0.15) is 23.5 Å². The zero-order valence-electron chi connectivity index (χ0n) is 20.1. The molecule has 3 aromatic heterocycles. The van der Waals surface area contributed by atoms with Crippen molar-refractivity contribution in [3.05, 3.63) is 87.8 Å². The number of ether oxygens (including phenoxy) is 1. The Kier molecular flexibility index (Phi) is 6.70. The molecule has 5 rings (SSSR count). The lowest BCUT2D eigenvalue weighted by Gasteiger charge is -2.14. The molecule has 37 heavy (non-hydrogen) atoms. The molecule has 0 aliphatic rings. The molecule has 0 bridgehead atoms. The predicted octanol–water partition coefficient (Wildman–Crippen LogP) is 5.11. The van der Waals surface area contributed by atoms with E-state index < -0.39 is 0 Å². The van der Waals surface area contributed by atoms with Crippen LogP contribution in [0.5, 0.6) is 5.75 Å². The molecule has 0 spiro atoms. The number of benzene rings is 2. The Bertz CT molecular complexity index is 1660. The zero-order chi connectivity index (χ0) is 25.9. The van der Waals surface area contributed by atoms with Crippen molar-refractivity contribution < 1.29 is 14.1 Å². The second kappa shape index (κ2) is 10.2. The molecule has 5 aromatic rings. The molecule has 10 heteroatoms. The summed E-state index contributed by atoms with van der Waals surface area (Å²) in [5.41, 5.74) is 2.15. The Hall–Kier alpha value is -4.50. The molecule has 186 valence electrons. The molecule has 0 aliphatic heterocycles. The minimum Gasteiger partial charge on any atom is -0.492 e. The molecule has 0 saturated heterocycles. The van der Waals surface area contributed by atoms with E-state index in [1.54, 1.807) is 53.1 Å². The van der Waals surface area contributed by atoms with Crippen LogP contribution in [0.15, 0.2) is 76.2 Å². The van der Waals surface area contributed by atoms with Crippen LogP contribution in [-0.4, -0.2) is 32.2 Å². The summed E-state index contributed by atoms with van der Waals surface area (Å²) >= 11 is 5.97. The molecule has 0 saturated carbocycles. The van der Waals surface area contributed by atoms with E-state index in [2.05, 4.69) is 20.4 Å². The molecule has 1 amide bonds. The molecule has 9 nitrogen and oxygen atoms in total. The SMILES string of the molecule is CCOc1ccccc1NC(=O)Cn1cc(-c2nc(-c3ccc(Cl)cc3)no2)c(=O)c2ccc(C)nc21. The number of halogens is 1. The van der Waals surface area contributed by atoms with Crippen LogP contribution in [0.2, 0.25) is 5.02 Å². The number of aromatic nitrogens is 4. The van der Waals surface area contributed by atoms with Gasteiger partial charge in [-0.2, -0.15) is 4.98 Å². The first-order valence-corrected chi connectivity index (χ1v) is 11.9. The van der Waals surface area contributed by atoms with Crippen molar-refractivity contribution in [3.8, 4) is 28.6 Å². The number of para-hydroxylation sites is 2. The number of nitrogens with zero attached hydrogens (tertiary/aromatic N) is 4. The lowest BCUT2D eigenvalue weighted by molar-refractivity contribution is -0.116. The number of carbonyl (C=O) groups excluding carboxylic acids is 1. The average molecular weight is 516 g/mol. The van der Waals surface area contributed by atoms with Crippen molar-refractivity contribution in [1.82, 2.24) is 19.7 Å². The van der Waals surface area contributed by atoms with Gasteiger partial charge in [0.25, 0.3) is 5.89 Å². The Morgan fingerprint density at radius 3 is 2.65 bits per heavy atom. The molecule has 3 heterocycles. The van der Waals surface area contributed by atoms with Gasteiger partial charge in [0.05, 0.1) is 17.7 Å². The van der Waals surface area contributed by atoms with Crippen molar-refractivity contribution >= 4 is 34.2 Å². The van der Waals surface area contributed by atoms with E-state index in [0.717, 1.165) is 0 Å². The van der Waals surface area contributed by atoms with Crippen LogP contribution in [-0.2, 0) is 11.3 Å². The number of hydrogen-bond donors (Lipinski definition) is 1. The second-order valence-electron chi connectivity index (χ2n) is 8.23. The zero-order valence-corrected chi connectivity index (χ0v) is 20.8. The second-order valence-corrected chi connectivity index (χ2v) is 8.67. The highest BCUT2D eigenvalue weighted by Crippen LogP contribution is 2.25. The lowest BCUT2D eigenvalue weighted by atomic mass is 10.1. The van der Waals surface area contributed by atoms with Crippen molar-refractivity contribution in [2.75, 3.05) is 11.9 Å². The smallest absolute Gasteiger partial charge is 0.263 e. The Labute approximate surface area is 216 Å². The third kappa shape index (κ3) is 5.07. The average Bonchev–Trinajstić information content (AvgIpc) is 3.37. The minimum absolute atomic E-state index is 0.0354. The molecule has 0 fully saturated rings. The number of rotatable bonds is 7. The summed E-state index contributed by atoms with van der Waals surface area (Å²) in [4.78, 5) is 35.4. The normalized spacial score (nSPS) is 11.0. The number of pyridine rings is 2. The lowest BCUT2D eigenvalue weighted by Crippen LogP contribution is -2.22. The number of nitrogens with one attached hydrogen (secondary N) is 1. The molecule has 2 aromatic carbocycles. The number of hydrogen-bond acceptors (Lipinski definition) is 7. The maximum Gasteiger partial charge on any atom is 0.263 e. The summed E-state index contributed by atoms with van der Waals surface area (Å²) in [5.74, 6) is 0.593. The third-order valence-corrected chi connectivity index (χ3v) is 5.85. The maximum absolute atomic E-state index is 13.4. The highest BCUT2D eigenvalue weighted by molar-refractivity contribution is 6.30. The van der Waals surface area contributed by atoms with E-state index in [-0.39, 0.29) is 29.3 Å². The quantitative estimate of drug-likeness (QED) is 0.320. The van der Waals surface area contributed by atoms with Crippen molar-refractivity contribution in [2.45, 2.75) is 20.4 Å². The number of anilines is 1. The molecule has 0 radical (unpaired) electrons. The predicted molar refractivity (Wildman–Crippen MR) is 141 cm³/mol. The van der Waals surface area contributed by atoms with E-state index in [0.29, 0.717) is 51.2 Å². The first-order chi connectivity index (χ1) is 17.9. The van der Waals surface area contributed by atoms with Crippen LogP contribution in [0.1, 0.15) is 12.6 Å². The molecular formula is C27H22ClN5O4. The molecule has 0 unspecified atom stereocenters. The molecule has 0 aliphatic carbocycles. The van der Waals surface area contributed by atoms with Gasteiger partial charge in [-0.25, -0.2) is 4.98 Å². The number of carbonyl (C=O) groups is 1. The summed E-state index contributed by atoms with van der Waals surface area (Å²) in [7, 11) is 0. The molecular weight excluding hydrogens is 494 g/mol. The van der Waals surface area contributed by atoms with Gasteiger partial charge in [-0.1, -0.05) is 28.9 Å². The van der Waals surface area contributed by atoms with Gasteiger partial charge in [-0.3, -0.25) is 9.59 Å².